The highest BCUT2D eigenvalue weighted by atomic mass is 19.1. The van der Waals surface area contributed by atoms with Crippen LogP contribution in [0.25, 0.3) is 11.1 Å². The van der Waals surface area contributed by atoms with E-state index in [2.05, 4.69) is 0 Å². The van der Waals surface area contributed by atoms with E-state index in [1.165, 1.54) is 44.2 Å². The molecule has 0 heterocycles. The molecule has 2 heteroatoms. The van der Waals surface area contributed by atoms with Crippen LogP contribution in [0.3, 0.4) is 0 Å². The fraction of sp³-hybridized carbons (Fsp3) is 0.400. The Kier molecular flexibility index (Phi) is 4.89. The molecule has 3 rings (SSSR count). The smallest absolute Gasteiger partial charge is 0.123 e. The van der Waals surface area contributed by atoms with Gasteiger partial charge in [-0.2, -0.15) is 0 Å². The van der Waals surface area contributed by atoms with Gasteiger partial charge in [0.1, 0.15) is 5.82 Å². The maximum absolute atomic E-state index is 13.0. The second kappa shape index (κ2) is 7.06. The molecule has 0 radical (unpaired) electrons. The molecule has 0 spiro atoms. The number of hydrogen-bond donors (Lipinski definition) is 1. The molecule has 1 nitrogen and oxygen atoms in total. The summed E-state index contributed by atoms with van der Waals surface area (Å²) in [6.45, 7) is 0. The van der Waals surface area contributed by atoms with Gasteiger partial charge in [-0.3, -0.25) is 0 Å². The Balaban J connectivity index is 1.66. The lowest BCUT2D eigenvalue weighted by Gasteiger charge is -2.24. The first-order valence-electron chi connectivity index (χ1n) is 8.26. The minimum absolute atomic E-state index is 0.219. The van der Waals surface area contributed by atoms with E-state index in [0.29, 0.717) is 5.92 Å². The van der Waals surface area contributed by atoms with Crippen molar-refractivity contribution in [2.24, 2.45) is 5.92 Å². The Bertz CT molecular complexity index is 582. The third-order valence-corrected chi connectivity index (χ3v) is 4.75. The fourth-order valence-electron chi connectivity index (χ4n) is 3.41. The monoisotopic (exact) mass is 298 g/mol. The number of aliphatic hydroxyl groups is 1. The van der Waals surface area contributed by atoms with Crippen LogP contribution in [0.4, 0.5) is 4.39 Å². The van der Waals surface area contributed by atoms with Gasteiger partial charge in [0.05, 0.1) is 6.10 Å². The van der Waals surface area contributed by atoms with Crippen LogP contribution in [0.5, 0.6) is 0 Å². The number of hydrogen-bond acceptors (Lipinski definition) is 1. The second-order valence-corrected chi connectivity index (χ2v) is 6.38. The molecule has 1 fully saturated rings. The molecule has 0 aromatic heterocycles. The average molecular weight is 298 g/mol. The predicted molar refractivity (Wildman–Crippen MR) is 88.0 cm³/mol. The fourth-order valence-corrected chi connectivity index (χ4v) is 3.41. The topological polar surface area (TPSA) is 20.2 Å². The van der Waals surface area contributed by atoms with Crippen LogP contribution in [0.15, 0.2) is 48.5 Å². The molecule has 1 aliphatic carbocycles. The van der Waals surface area contributed by atoms with E-state index >= 15 is 0 Å². The molecule has 0 amide bonds. The van der Waals surface area contributed by atoms with E-state index in [4.69, 9.17) is 0 Å². The first-order chi connectivity index (χ1) is 10.7. The number of benzene rings is 2. The van der Waals surface area contributed by atoms with Gasteiger partial charge in [-0.1, -0.05) is 68.5 Å². The summed E-state index contributed by atoms with van der Waals surface area (Å²) in [6, 6.07) is 14.5. The summed E-state index contributed by atoms with van der Waals surface area (Å²) in [5, 5.41) is 10.4. The van der Waals surface area contributed by atoms with E-state index in [1.807, 2.05) is 24.3 Å². The van der Waals surface area contributed by atoms with Crippen molar-refractivity contribution in [3.05, 3.63) is 59.9 Å². The molecule has 0 bridgehead atoms. The maximum atomic E-state index is 13.0. The van der Waals surface area contributed by atoms with Crippen LogP contribution in [-0.2, 0) is 0 Å². The van der Waals surface area contributed by atoms with Crippen LogP contribution in [0, 0.1) is 11.7 Å². The highest BCUT2D eigenvalue weighted by Crippen LogP contribution is 2.32. The highest BCUT2D eigenvalue weighted by molar-refractivity contribution is 5.63. The Hall–Kier alpha value is -1.67. The zero-order valence-corrected chi connectivity index (χ0v) is 12.8. The Morgan fingerprint density at radius 1 is 0.864 bits per heavy atom. The molecule has 1 aliphatic rings. The van der Waals surface area contributed by atoms with Crippen molar-refractivity contribution in [3.8, 4) is 11.1 Å². The molecule has 1 N–H and O–H groups in total. The summed E-state index contributed by atoms with van der Waals surface area (Å²) in [6.07, 6.45) is 6.97. The van der Waals surface area contributed by atoms with Gasteiger partial charge in [-0.05, 0) is 41.2 Å². The maximum Gasteiger partial charge on any atom is 0.123 e. The normalized spacial score (nSPS) is 17.4. The SMILES string of the molecule is O[C@H](CC1CCCCC1)c1ccc(-c2ccc(F)cc2)cc1. The molecular weight excluding hydrogens is 275 g/mol. The lowest BCUT2D eigenvalue weighted by atomic mass is 9.84. The van der Waals surface area contributed by atoms with Gasteiger partial charge in [-0.25, -0.2) is 4.39 Å². The largest absolute Gasteiger partial charge is 0.388 e. The lowest BCUT2D eigenvalue weighted by Crippen LogP contribution is -2.11. The van der Waals surface area contributed by atoms with E-state index < -0.39 is 0 Å². The summed E-state index contributed by atoms with van der Waals surface area (Å²) in [7, 11) is 0. The van der Waals surface area contributed by atoms with E-state index in [9.17, 15) is 9.50 Å². The summed E-state index contributed by atoms with van der Waals surface area (Å²) in [5.74, 6) is 0.448. The zero-order chi connectivity index (χ0) is 15.4. The van der Waals surface area contributed by atoms with Gasteiger partial charge >= 0.3 is 0 Å². The number of halogens is 1. The molecular formula is C20H23FO. The summed E-state index contributed by atoms with van der Waals surface area (Å²) in [4.78, 5) is 0. The van der Waals surface area contributed by atoms with Gasteiger partial charge in [0, 0.05) is 0 Å². The van der Waals surface area contributed by atoms with Gasteiger partial charge < -0.3 is 5.11 Å². The molecule has 116 valence electrons. The molecule has 22 heavy (non-hydrogen) atoms. The Morgan fingerprint density at radius 2 is 1.41 bits per heavy atom. The summed E-state index contributed by atoms with van der Waals surface area (Å²) >= 11 is 0. The van der Waals surface area contributed by atoms with Crippen molar-refractivity contribution in [3.63, 3.8) is 0 Å². The van der Waals surface area contributed by atoms with Crippen LogP contribution >= 0.6 is 0 Å². The minimum atomic E-state index is -0.370. The van der Waals surface area contributed by atoms with Crippen molar-refractivity contribution >= 4 is 0 Å². The standard InChI is InChI=1S/C20H23FO/c21-19-12-10-17(11-13-19)16-6-8-18(9-7-16)20(22)14-15-4-2-1-3-5-15/h6-13,15,20,22H,1-5,14H2/t20-/m1/s1. The first-order valence-corrected chi connectivity index (χ1v) is 8.26. The zero-order valence-electron chi connectivity index (χ0n) is 12.8. The van der Waals surface area contributed by atoms with E-state index in [-0.39, 0.29) is 11.9 Å². The summed E-state index contributed by atoms with van der Waals surface area (Å²) < 4.78 is 13.0. The third-order valence-electron chi connectivity index (χ3n) is 4.75. The first kappa shape index (κ1) is 15.2. The van der Waals surface area contributed by atoms with Crippen molar-refractivity contribution in [2.45, 2.75) is 44.6 Å². The van der Waals surface area contributed by atoms with Crippen molar-refractivity contribution in [1.82, 2.24) is 0 Å². The van der Waals surface area contributed by atoms with Crippen LogP contribution in [0.1, 0.15) is 50.2 Å². The van der Waals surface area contributed by atoms with Crippen LogP contribution in [0.2, 0.25) is 0 Å². The van der Waals surface area contributed by atoms with Gasteiger partial charge in [0.25, 0.3) is 0 Å². The number of rotatable bonds is 4. The highest BCUT2D eigenvalue weighted by Gasteiger charge is 2.18. The van der Waals surface area contributed by atoms with E-state index in [1.54, 1.807) is 12.1 Å². The van der Waals surface area contributed by atoms with Crippen molar-refractivity contribution in [2.75, 3.05) is 0 Å². The summed E-state index contributed by atoms with van der Waals surface area (Å²) in [5.41, 5.74) is 3.03. The Labute approximate surface area is 131 Å². The minimum Gasteiger partial charge on any atom is -0.388 e. The lowest BCUT2D eigenvalue weighted by molar-refractivity contribution is 0.131. The molecule has 2 aromatic carbocycles. The number of aliphatic hydroxyl groups excluding tert-OH is 1. The predicted octanol–water partition coefficient (Wildman–Crippen LogP) is 5.50. The van der Waals surface area contributed by atoms with E-state index in [0.717, 1.165) is 23.1 Å². The molecule has 0 aliphatic heterocycles. The Morgan fingerprint density at radius 3 is 2.00 bits per heavy atom. The van der Waals surface area contributed by atoms with Crippen molar-refractivity contribution < 1.29 is 9.50 Å². The second-order valence-electron chi connectivity index (χ2n) is 6.38. The molecule has 1 atom stereocenters. The van der Waals surface area contributed by atoms with Crippen molar-refractivity contribution in [1.29, 1.82) is 0 Å². The van der Waals surface area contributed by atoms with Gasteiger partial charge in [0.2, 0.25) is 0 Å². The third kappa shape index (κ3) is 3.75. The van der Waals surface area contributed by atoms with Gasteiger partial charge in [-0.15, -0.1) is 0 Å². The molecule has 0 saturated heterocycles. The molecule has 1 saturated carbocycles. The van der Waals surface area contributed by atoms with Gasteiger partial charge in [0.15, 0.2) is 0 Å². The molecule has 2 aromatic rings. The average Bonchev–Trinajstić information content (AvgIpc) is 2.57. The van der Waals surface area contributed by atoms with Crippen LogP contribution in [-0.4, -0.2) is 5.11 Å². The van der Waals surface area contributed by atoms with Crippen LogP contribution < -0.4 is 0 Å². The molecule has 0 unspecified atom stereocenters. The quantitative estimate of drug-likeness (QED) is 0.790.